The van der Waals surface area contributed by atoms with Crippen LogP contribution in [-0.4, -0.2) is 58.3 Å². The fourth-order valence-electron chi connectivity index (χ4n) is 2.13. The monoisotopic (exact) mass is 315 g/mol. The van der Waals surface area contributed by atoms with Gasteiger partial charge in [0.1, 0.15) is 24.1 Å². The van der Waals surface area contributed by atoms with Crippen molar-refractivity contribution in [2.45, 2.75) is 31.5 Å². The summed E-state index contributed by atoms with van der Waals surface area (Å²) in [7, 11) is 0. The highest BCUT2D eigenvalue weighted by atomic mass is 16.8. The zero-order valence-corrected chi connectivity index (χ0v) is 11.9. The van der Waals surface area contributed by atoms with Crippen molar-refractivity contribution >= 4 is 11.4 Å². The predicted molar refractivity (Wildman–Crippen MR) is 76.6 cm³/mol. The van der Waals surface area contributed by atoms with Crippen LogP contribution < -0.4 is 15.3 Å². The first kappa shape index (κ1) is 16.7. The number of ether oxygens (including phenoxy) is 2. The Morgan fingerprint density at radius 3 is 2.73 bits per heavy atom. The van der Waals surface area contributed by atoms with Crippen LogP contribution in [0.5, 0.6) is 5.75 Å². The summed E-state index contributed by atoms with van der Waals surface area (Å²) >= 11 is 0. The zero-order chi connectivity index (χ0) is 16.3. The number of nitrogens with one attached hydrogen (secondary N) is 1. The van der Waals surface area contributed by atoms with E-state index in [4.69, 9.17) is 9.47 Å². The van der Waals surface area contributed by atoms with E-state index in [1.165, 1.54) is 12.1 Å². The van der Waals surface area contributed by atoms with Crippen molar-refractivity contribution in [1.82, 2.24) is 0 Å². The van der Waals surface area contributed by atoms with E-state index in [1.54, 1.807) is 13.0 Å². The van der Waals surface area contributed by atoms with Crippen LogP contribution in [0.1, 0.15) is 6.92 Å². The maximum atomic E-state index is 11.2. The van der Waals surface area contributed by atoms with Crippen molar-refractivity contribution in [2.75, 3.05) is 23.8 Å². The molecule has 0 saturated carbocycles. The third-order valence-corrected chi connectivity index (χ3v) is 3.28. The maximum absolute atomic E-state index is 11.2. The molecule has 1 aliphatic rings. The molecule has 9 nitrogen and oxygen atoms in total. The average Bonchev–Trinajstić information content (AvgIpc) is 2.49. The number of rotatable bonds is 5. The Bertz CT molecular complexity index is 499. The van der Waals surface area contributed by atoms with Gasteiger partial charge in [-0.1, -0.05) is 0 Å². The second-order valence-electron chi connectivity index (χ2n) is 4.83. The molecule has 0 aromatic heterocycles. The topological polar surface area (TPSA) is 138 Å². The van der Waals surface area contributed by atoms with Crippen LogP contribution in [-0.2, 0) is 4.74 Å². The Labute approximate surface area is 126 Å². The smallest absolute Gasteiger partial charge is 0.156 e. The summed E-state index contributed by atoms with van der Waals surface area (Å²) in [6.07, 6.45) is -5.02. The fourth-order valence-corrected chi connectivity index (χ4v) is 2.13. The number of nitrogens with zero attached hydrogens (tertiary/aromatic N) is 1. The Balaban J connectivity index is 2.18. The van der Waals surface area contributed by atoms with Gasteiger partial charge in [0.05, 0.1) is 24.6 Å². The van der Waals surface area contributed by atoms with Gasteiger partial charge >= 0.3 is 0 Å². The second-order valence-corrected chi connectivity index (χ2v) is 4.83. The van der Waals surface area contributed by atoms with Crippen molar-refractivity contribution in [1.29, 1.82) is 0 Å². The minimum absolute atomic E-state index is 0.137. The molecule has 1 aromatic carbocycles. The number of aliphatic hydroxyl groups is 3. The van der Waals surface area contributed by atoms with Crippen LogP contribution in [0.2, 0.25) is 0 Å². The van der Waals surface area contributed by atoms with Crippen LogP contribution in [0.3, 0.4) is 0 Å². The average molecular weight is 315 g/mol. The van der Waals surface area contributed by atoms with Gasteiger partial charge in [-0.2, -0.15) is 0 Å². The van der Waals surface area contributed by atoms with E-state index in [1.807, 2.05) is 0 Å². The van der Waals surface area contributed by atoms with Crippen LogP contribution in [0.25, 0.3) is 0 Å². The number of hydrogen-bond donors (Lipinski definition) is 5. The van der Waals surface area contributed by atoms with Gasteiger partial charge in [-0.15, -0.1) is 0 Å². The molecule has 0 bridgehead atoms. The minimum atomic E-state index is -1.40. The molecule has 9 heteroatoms. The second kappa shape index (κ2) is 7.09. The molecule has 22 heavy (non-hydrogen) atoms. The predicted octanol–water partition coefficient (Wildman–Crippen LogP) is -0.370. The molecule has 2 rings (SSSR count). The van der Waals surface area contributed by atoms with E-state index in [2.05, 4.69) is 5.32 Å². The maximum Gasteiger partial charge on any atom is 0.156 e. The lowest BCUT2D eigenvalue weighted by atomic mass is 10.0. The van der Waals surface area contributed by atoms with Gasteiger partial charge in [-0.3, -0.25) is 5.21 Å². The summed E-state index contributed by atoms with van der Waals surface area (Å²) in [5, 5.41) is 51.7. The van der Waals surface area contributed by atoms with Gasteiger partial charge in [0.2, 0.25) is 0 Å². The minimum Gasteiger partial charge on any atom is -0.733 e. The molecular formula is C13H19N2O7-. The molecule has 1 fully saturated rings. The van der Waals surface area contributed by atoms with Crippen molar-refractivity contribution in [2.24, 2.45) is 0 Å². The van der Waals surface area contributed by atoms with Gasteiger partial charge in [-0.05, 0) is 19.1 Å². The van der Waals surface area contributed by atoms with E-state index >= 15 is 0 Å². The standard InChI is InChI=1S/C13H19N2O7/c1-2-21-7-3-4-8(9(5-7)15(19)20)14-13-12(18)11(17)10(16)6-22-13/h3-5,10-14,16-19H,2,6H2,1H3/q-1/t10-,11+,12-,13-/m1/s1. The fraction of sp³-hybridized carbons (Fsp3) is 0.538. The highest BCUT2D eigenvalue weighted by Gasteiger charge is 2.37. The first-order valence-corrected chi connectivity index (χ1v) is 6.79. The third kappa shape index (κ3) is 3.58. The van der Waals surface area contributed by atoms with Crippen LogP contribution >= 0.6 is 0 Å². The van der Waals surface area contributed by atoms with Crippen molar-refractivity contribution < 1.29 is 30.0 Å². The van der Waals surface area contributed by atoms with Gasteiger partial charge in [0.25, 0.3) is 0 Å². The Kier molecular flexibility index (Phi) is 5.40. The van der Waals surface area contributed by atoms with Crippen LogP contribution in [0.4, 0.5) is 11.4 Å². The quantitative estimate of drug-likeness (QED) is 0.461. The molecule has 5 N–H and O–H groups in total. The molecule has 1 aromatic rings. The molecule has 0 radical (unpaired) electrons. The molecule has 1 saturated heterocycles. The molecule has 4 atom stereocenters. The highest BCUT2D eigenvalue weighted by Crippen LogP contribution is 2.31. The van der Waals surface area contributed by atoms with Crippen LogP contribution in [0.15, 0.2) is 18.2 Å². The van der Waals surface area contributed by atoms with Gasteiger partial charge in [0, 0.05) is 6.07 Å². The van der Waals surface area contributed by atoms with Crippen molar-refractivity contribution in [3.63, 3.8) is 0 Å². The van der Waals surface area contributed by atoms with Crippen LogP contribution in [0, 0.1) is 5.21 Å². The molecule has 0 aliphatic carbocycles. The molecule has 124 valence electrons. The van der Waals surface area contributed by atoms with E-state index in [-0.39, 0.29) is 23.2 Å². The largest absolute Gasteiger partial charge is 0.733 e. The van der Waals surface area contributed by atoms with Gasteiger partial charge in [0.15, 0.2) is 6.23 Å². The molecule has 0 amide bonds. The summed E-state index contributed by atoms with van der Waals surface area (Å²) in [4.78, 5) is 0. The summed E-state index contributed by atoms with van der Waals surface area (Å²) < 4.78 is 10.4. The summed E-state index contributed by atoms with van der Waals surface area (Å²) in [6.45, 7) is 1.99. The molecular weight excluding hydrogens is 296 g/mol. The highest BCUT2D eigenvalue weighted by molar-refractivity contribution is 5.71. The van der Waals surface area contributed by atoms with Crippen molar-refractivity contribution in [3.05, 3.63) is 23.4 Å². The Morgan fingerprint density at radius 2 is 2.09 bits per heavy atom. The van der Waals surface area contributed by atoms with Gasteiger partial charge < -0.3 is 40.5 Å². The molecule has 1 heterocycles. The molecule has 1 aliphatic heterocycles. The van der Waals surface area contributed by atoms with E-state index in [9.17, 15) is 25.7 Å². The lowest BCUT2D eigenvalue weighted by Crippen LogP contribution is -2.55. The number of hydrogen-bond acceptors (Lipinski definition) is 9. The first-order chi connectivity index (χ1) is 10.4. The normalized spacial score (nSPS) is 28.3. The lowest BCUT2D eigenvalue weighted by Gasteiger charge is -2.37. The molecule has 0 unspecified atom stereocenters. The van der Waals surface area contributed by atoms with E-state index in [0.29, 0.717) is 12.4 Å². The zero-order valence-electron chi connectivity index (χ0n) is 11.9. The first-order valence-electron chi connectivity index (χ1n) is 6.79. The van der Waals surface area contributed by atoms with E-state index < -0.39 is 24.5 Å². The Hall–Kier alpha value is -1.62. The Morgan fingerprint density at radius 1 is 1.36 bits per heavy atom. The number of benzene rings is 1. The molecule has 0 spiro atoms. The number of aliphatic hydroxyl groups excluding tert-OH is 3. The number of anilines is 2. The van der Waals surface area contributed by atoms with E-state index in [0.717, 1.165) is 0 Å². The summed E-state index contributed by atoms with van der Waals surface area (Å²) in [6, 6.07) is 4.35. The van der Waals surface area contributed by atoms with Crippen molar-refractivity contribution in [3.8, 4) is 5.75 Å². The lowest BCUT2D eigenvalue weighted by molar-refractivity contribution is -0.178. The third-order valence-electron chi connectivity index (χ3n) is 3.28. The summed E-state index contributed by atoms with van der Waals surface area (Å²) in [5.41, 5.74) is 0.0379. The summed E-state index contributed by atoms with van der Waals surface area (Å²) in [5.74, 6) is 0.388. The SMILES string of the molecule is CCOc1ccc(N[C@@H]2OC[C@@H](O)[C@H](O)[C@H]2O)c(N([O-])O)c1. The van der Waals surface area contributed by atoms with Gasteiger partial charge in [-0.25, -0.2) is 0 Å².